The van der Waals surface area contributed by atoms with Crippen LogP contribution in [0.25, 0.3) is 0 Å². The Hall–Kier alpha value is -1.45. The van der Waals surface area contributed by atoms with Gasteiger partial charge in [0.15, 0.2) is 0 Å². The number of amides is 1. The van der Waals surface area contributed by atoms with Crippen LogP contribution in [0.2, 0.25) is 0 Å². The minimum atomic E-state index is -0.189. The van der Waals surface area contributed by atoms with Crippen molar-refractivity contribution >= 4 is 23.6 Å². The maximum Gasteiger partial charge on any atom is 0.236 e. The molecule has 0 bridgehead atoms. The number of nitriles is 1. The topological polar surface area (TPSA) is 92.1 Å². The molecule has 1 aromatic heterocycles. The number of nitrogens with one attached hydrogen (secondary N) is 1. The van der Waals surface area contributed by atoms with E-state index >= 15 is 0 Å². The third-order valence-electron chi connectivity index (χ3n) is 2.36. The molecule has 0 fully saturated rings. The van der Waals surface area contributed by atoms with E-state index in [1.807, 2.05) is 13.0 Å². The summed E-state index contributed by atoms with van der Waals surface area (Å²) in [6, 6.07) is 2.09. The van der Waals surface area contributed by atoms with E-state index in [0.29, 0.717) is 17.1 Å². The fourth-order valence-electron chi connectivity index (χ4n) is 1.35. The molecule has 0 radical (unpaired) electrons. The molecule has 0 aromatic carbocycles. The molecule has 0 aliphatic heterocycles. The number of carbonyl (C=O) groups is 1. The SMILES string of the molecule is Cc1oc(NC(=O)CSCC(C)N)c(C#N)c1C. The Morgan fingerprint density at radius 3 is 2.83 bits per heavy atom. The number of hydrogen-bond donors (Lipinski definition) is 2. The molecule has 1 unspecified atom stereocenters. The molecule has 0 aliphatic rings. The Bertz CT molecular complexity index is 474. The third kappa shape index (κ3) is 3.79. The number of nitrogens with two attached hydrogens (primary N) is 1. The second-order valence-electron chi connectivity index (χ2n) is 4.14. The van der Waals surface area contributed by atoms with Crippen LogP contribution in [-0.4, -0.2) is 23.5 Å². The number of carbonyl (C=O) groups excluding carboxylic acids is 1. The van der Waals surface area contributed by atoms with Gasteiger partial charge < -0.3 is 10.2 Å². The van der Waals surface area contributed by atoms with Crippen molar-refractivity contribution in [3.8, 4) is 6.07 Å². The predicted molar refractivity (Wildman–Crippen MR) is 72.5 cm³/mol. The lowest BCUT2D eigenvalue weighted by Gasteiger charge is -2.04. The monoisotopic (exact) mass is 267 g/mol. The highest BCUT2D eigenvalue weighted by molar-refractivity contribution is 8.00. The van der Waals surface area contributed by atoms with Crippen molar-refractivity contribution in [1.82, 2.24) is 0 Å². The number of nitrogens with zero attached hydrogens (tertiary/aromatic N) is 1. The summed E-state index contributed by atoms with van der Waals surface area (Å²) < 4.78 is 5.35. The highest BCUT2D eigenvalue weighted by atomic mass is 32.2. The fraction of sp³-hybridized carbons (Fsp3) is 0.500. The zero-order chi connectivity index (χ0) is 13.7. The molecule has 1 aromatic rings. The van der Waals surface area contributed by atoms with Crippen molar-refractivity contribution in [2.24, 2.45) is 5.73 Å². The smallest absolute Gasteiger partial charge is 0.236 e. The van der Waals surface area contributed by atoms with Crippen LogP contribution in [0.15, 0.2) is 4.42 Å². The van der Waals surface area contributed by atoms with Crippen molar-refractivity contribution in [2.45, 2.75) is 26.8 Å². The van der Waals surface area contributed by atoms with Crippen molar-refractivity contribution < 1.29 is 9.21 Å². The number of rotatable bonds is 5. The van der Waals surface area contributed by atoms with Crippen molar-refractivity contribution in [3.63, 3.8) is 0 Å². The van der Waals surface area contributed by atoms with Crippen molar-refractivity contribution in [3.05, 3.63) is 16.9 Å². The molecular weight excluding hydrogens is 250 g/mol. The maximum atomic E-state index is 11.6. The first-order valence-electron chi connectivity index (χ1n) is 5.59. The Balaban J connectivity index is 2.60. The third-order valence-corrected chi connectivity index (χ3v) is 3.59. The van der Waals surface area contributed by atoms with Gasteiger partial charge in [-0.15, -0.1) is 0 Å². The van der Waals surface area contributed by atoms with Crippen LogP contribution >= 0.6 is 11.8 Å². The highest BCUT2D eigenvalue weighted by Gasteiger charge is 2.16. The zero-order valence-electron chi connectivity index (χ0n) is 10.7. The van der Waals surface area contributed by atoms with E-state index < -0.39 is 0 Å². The number of hydrogen-bond acceptors (Lipinski definition) is 5. The first-order chi connectivity index (χ1) is 8.45. The van der Waals surface area contributed by atoms with Crippen LogP contribution in [0.3, 0.4) is 0 Å². The van der Waals surface area contributed by atoms with E-state index in [1.165, 1.54) is 11.8 Å². The van der Waals surface area contributed by atoms with Gasteiger partial charge >= 0.3 is 0 Å². The summed E-state index contributed by atoms with van der Waals surface area (Å²) in [6.45, 7) is 5.44. The van der Waals surface area contributed by atoms with Crippen LogP contribution in [0.1, 0.15) is 23.8 Å². The molecule has 1 amide bonds. The van der Waals surface area contributed by atoms with Crippen LogP contribution in [-0.2, 0) is 4.79 Å². The summed E-state index contributed by atoms with van der Waals surface area (Å²) in [4.78, 5) is 11.6. The Morgan fingerprint density at radius 1 is 1.61 bits per heavy atom. The molecule has 3 N–H and O–H groups in total. The average molecular weight is 267 g/mol. The van der Waals surface area contributed by atoms with Crippen LogP contribution in [0, 0.1) is 25.2 Å². The van der Waals surface area contributed by atoms with E-state index in [1.54, 1.807) is 13.8 Å². The molecule has 98 valence electrons. The normalized spacial score (nSPS) is 11.9. The Labute approximate surface area is 111 Å². The van der Waals surface area contributed by atoms with Gasteiger partial charge in [0.1, 0.15) is 17.4 Å². The predicted octanol–water partition coefficient (Wildman–Crippen LogP) is 1.79. The van der Waals surface area contributed by atoms with E-state index in [-0.39, 0.29) is 17.8 Å². The lowest BCUT2D eigenvalue weighted by Crippen LogP contribution is -2.20. The Kier molecular flexibility index (Phi) is 5.25. The van der Waals surface area contributed by atoms with Crippen LogP contribution < -0.4 is 11.1 Å². The number of thioether (sulfide) groups is 1. The van der Waals surface area contributed by atoms with E-state index in [2.05, 4.69) is 5.32 Å². The maximum absolute atomic E-state index is 11.6. The minimum Gasteiger partial charge on any atom is -0.444 e. The molecule has 0 aliphatic carbocycles. The quantitative estimate of drug-likeness (QED) is 0.848. The molecule has 18 heavy (non-hydrogen) atoms. The molecule has 1 heterocycles. The lowest BCUT2D eigenvalue weighted by molar-refractivity contribution is -0.113. The molecular formula is C12H17N3O2S. The van der Waals surface area contributed by atoms with Gasteiger partial charge in [-0.1, -0.05) is 0 Å². The largest absolute Gasteiger partial charge is 0.444 e. The minimum absolute atomic E-state index is 0.0607. The second-order valence-corrected chi connectivity index (χ2v) is 5.17. The highest BCUT2D eigenvalue weighted by Crippen LogP contribution is 2.25. The lowest BCUT2D eigenvalue weighted by atomic mass is 10.2. The van der Waals surface area contributed by atoms with Gasteiger partial charge in [-0.2, -0.15) is 17.0 Å². The van der Waals surface area contributed by atoms with Gasteiger partial charge in [0.2, 0.25) is 11.8 Å². The van der Waals surface area contributed by atoms with Gasteiger partial charge in [-0.25, -0.2) is 0 Å². The molecule has 5 nitrogen and oxygen atoms in total. The summed E-state index contributed by atoms with van der Waals surface area (Å²) in [7, 11) is 0. The van der Waals surface area contributed by atoms with Crippen molar-refractivity contribution in [2.75, 3.05) is 16.8 Å². The first kappa shape index (κ1) is 14.6. The molecule has 1 rings (SSSR count). The van der Waals surface area contributed by atoms with E-state index in [4.69, 9.17) is 15.4 Å². The summed E-state index contributed by atoms with van der Waals surface area (Å²) in [5, 5.41) is 11.6. The molecule has 0 saturated carbocycles. The molecule has 1 atom stereocenters. The summed E-state index contributed by atoms with van der Waals surface area (Å²) >= 11 is 1.45. The fourth-order valence-corrected chi connectivity index (χ4v) is 2.10. The number of anilines is 1. The zero-order valence-corrected chi connectivity index (χ0v) is 11.6. The van der Waals surface area contributed by atoms with Crippen LogP contribution in [0.5, 0.6) is 0 Å². The second kappa shape index (κ2) is 6.47. The van der Waals surface area contributed by atoms with Gasteiger partial charge in [0.25, 0.3) is 0 Å². The number of furan rings is 1. The summed E-state index contributed by atoms with van der Waals surface area (Å²) in [5.41, 5.74) is 6.73. The first-order valence-corrected chi connectivity index (χ1v) is 6.74. The molecule has 0 saturated heterocycles. The van der Waals surface area contributed by atoms with E-state index in [9.17, 15) is 4.79 Å². The molecule has 0 spiro atoms. The summed E-state index contributed by atoms with van der Waals surface area (Å²) in [5.74, 6) is 1.70. The van der Waals surface area contributed by atoms with Gasteiger partial charge in [-0.05, 0) is 20.8 Å². The molecule has 6 heteroatoms. The van der Waals surface area contributed by atoms with E-state index in [0.717, 1.165) is 11.3 Å². The summed E-state index contributed by atoms with van der Waals surface area (Å²) in [6.07, 6.45) is 0. The average Bonchev–Trinajstić information content (AvgIpc) is 2.53. The van der Waals surface area contributed by atoms with Gasteiger partial charge in [0, 0.05) is 17.4 Å². The Morgan fingerprint density at radius 2 is 2.28 bits per heavy atom. The number of aryl methyl sites for hydroxylation is 1. The van der Waals surface area contributed by atoms with Crippen LogP contribution in [0.4, 0.5) is 5.88 Å². The standard InChI is InChI=1S/C12H17N3O2S/c1-7(14)5-18-6-11(16)15-12-10(4-13)8(2)9(3)17-12/h7H,5-6,14H2,1-3H3,(H,15,16). The van der Waals surface area contributed by atoms with Gasteiger partial charge in [0.05, 0.1) is 5.75 Å². The van der Waals surface area contributed by atoms with Gasteiger partial charge in [-0.3, -0.25) is 10.1 Å². The van der Waals surface area contributed by atoms with Crippen molar-refractivity contribution in [1.29, 1.82) is 5.26 Å².